The summed E-state index contributed by atoms with van der Waals surface area (Å²) in [5.41, 5.74) is 1.25. The minimum absolute atomic E-state index is 0.231. The van der Waals surface area contributed by atoms with Crippen LogP contribution in [0, 0.1) is 5.82 Å². The van der Waals surface area contributed by atoms with Gasteiger partial charge in [-0.15, -0.1) is 11.3 Å². The Kier molecular flexibility index (Phi) is 5.81. The van der Waals surface area contributed by atoms with E-state index in [-0.39, 0.29) is 4.90 Å². The van der Waals surface area contributed by atoms with Crippen molar-refractivity contribution in [3.63, 3.8) is 0 Å². The number of halogens is 3. The van der Waals surface area contributed by atoms with Crippen molar-refractivity contribution in [1.29, 1.82) is 0 Å². The van der Waals surface area contributed by atoms with Gasteiger partial charge in [-0.1, -0.05) is 23.2 Å². The fourth-order valence-electron chi connectivity index (χ4n) is 3.12. The highest BCUT2D eigenvalue weighted by molar-refractivity contribution is 7.89. The molecule has 0 radical (unpaired) electrons. The van der Waals surface area contributed by atoms with Crippen LogP contribution in [0.4, 0.5) is 9.52 Å². The average molecular weight is 472 g/mol. The molecule has 1 saturated heterocycles. The van der Waals surface area contributed by atoms with Crippen molar-refractivity contribution in [2.75, 3.05) is 31.1 Å². The first-order valence-corrected chi connectivity index (χ1v) is 11.8. The summed E-state index contributed by atoms with van der Waals surface area (Å²) in [5.74, 6) is -0.414. The second-order valence-electron chi connectivity index (χ2n) is 6.52. The number of benzene rings is 2. The molecule has 3 aromatic rings. The Hall–Kier alpha value is -1.71. The third-order valence-corrected chi connectivity index (χ3v) is 7.90. The first kappa shape index (κ1) is 20.6. The molecule has 1 fully saturated rings. The molecule has 0 bridgehead atoms. The number of anilines is 1. The molecule has 0 aliphatic carbocycles. The first-order valence-electron chi connectivity index (χ1n) is 8.75. The lowest BCUT2D eigenvalue weighted by molar-refractivity contribution is 0.385. The van der Waals surface area contributed by atoms with Crippen LogP contribution in [0.1, 0.15) is 0 Å². The van der Waals surface area contributed by atoms with E-state index in [1.54, 1.807) is 18.2 Å². The lowest BCUT2D eigenvalue weighted by atomic mass is 10.2. The van der Waals surface area contributed by atoms with E-state index < -0.39 is 15.8 Å². The van der Waals surface area contributed by atoms with Crippen LogP contribution in [0.15, 0.2) is 52.7 Å². The molecule has 1 aliphatic rings. The fourth-order valence-corrected chi connectivity index (χ4v) is 5.78. The van der Waals surface area contributed by atoms with Crippen molar-refractivity contribution in [3.8, 4) is 11.3 Å². The van der Waals surface area contributed by atoms with Gasteiger partial charge in [0.1, 0.15) is 5.82 Å². The molecule has 4 rings (SSSR count). The van der Waals surface area contributed by atoms with Gasteiger partial charge in [-0.2, -0.15) is 4.31 Å². The van der Waals surface area contributed by atoms with Gasteiger partial charge in [0.25, 0.3) is 0 Å². The monoisotopic (exact) mass is 471 g/mol. The summed E-state index contributed by atoms with van der Waals surface area (Å²) in [6.45, 7) is 1.74. The van der Waals surface area contributed by atoms with Crippen molar-refractivity contribution in [1.82, 2.24) is 9.29 Å². The van der Waals surface area contributed by atoms with Gasteiger partial charge in [0, 0.05) is 47.2 Å². The Balaban J connectivity index is 1.46. The van der Waals surface area contributed by atoms with Gasteiger partial charge in [0.05, 0.1) is 10.6 Å². The topological polar surface area (TPSA) is 53.5 Å². The highest BCUT2D eigenvalue weighted by atomic mass is 35.5. The summed E-state index contributed by atoms with van der Waals surface area (Å²) in [7, 11) is -3.56. The minimum Gasteiger partial charge on any atom is -0.345 e. The number of hydrogen-bond donors (Lipinski definition) is 0. The van der Waals surface area contributed by atoms with Gasteiger partial charge in [-0.3, -0.25) is 0 Å². The molecule has 2 aromatic carbocycles. The first-order chi connectivity index (χ1) is 13.8. The van der Waals surface area contributed by atoms with E-state index in [1.165, 1.54) is 39.9 Å². The van der Waals surface area contributed by atoms with Crippen LogP contribution >= 0.6 is 34.5 Å². The molecule has 0 amide bonds. The maximum Gasteiger partial charge on any atom is 0.243 e. The normalized spacial score (nSPS) is 15.6. The van der Waals surface area contributed by atoms with Crippen LogP contribution < -0.4 is 4.90 Å². The molecule has 0 N–H and O–H groups in total. The van der Waals surface area contributed by atoms with E-state index in [9.17, 15) is 12.8 Å². The number of rotatable bonds is 4. The largest absolute Gasteiger partial charge is 0.345 e. The summed E-state index contributed by atoms with van der Waals surface area (Å²) >= 11 is 13.2. The highest BCUT2D eigenvalue weighted by Crippen LogP contribution is 2.30. The molecular formula is C19H16Cl2FN3O2S2. The summed E-state index contributed by atoms with van der Waals surface area (Å²) in [6.07, 6.45) is 0. The third kappa shape index (κ3) is 4.41. The number of sulfonamides is 1. The molecule has 0 atom stereocenters. The predicted octanol–water partition coefficient (Wildman–Crippen LogP) is 4.77. The number of aromatic nitrogens is 1. The molecule has 1 aliphatic heterocycles. The van der Waals surface area contributed by atoms with Gasteiger partial charge in [0.15, 0.2) is 5.13 Å². The van der Waals surface area contributed by atoms with Crippen LogP contribution in [-0.2, 0) is 10.0 Å². The summed E-state index contributed by atoms with van der Waals surface area (Å²) in [6, 6.07) is 10.5. The zero-order valence-corrected chi connectivity index (χ0v) is 18.2. The van der Waals surface area contributed by atoms with E-state index >= 15 is 0 Å². The molecule has 2 heterocycles. The molecule has 0 saturated carbocycles. The van der Waals surface area contributed by atoms with Crippen LogP contribution in [0.2, 0.25) is 10.0 Å². The van der Waals surface area contributed by atoms with Gasteiger partial charge in [-0.05, 0) is 42.5 Å². The molecular weight excluding hydrogens is 456 g/mol. The van der Waals surface area contributed by atoms with Crippen molar-refractivity contribution in [2.24, 2.45) is 0 Å². The van der Waals surface area contributed by atoms with Crippen LogP contribution in [0.25, 0.3) is 11.3 Å². The molecule has 152 valence electrons. The predicted molar refractivity (Wildman–Crippen MR) is 115 cm³/mol. The molecule has 1 aromatic heterocycles. The Morgan fingerprint density at radius 1 is 0.966 bits per heavy atom. The van der Waals surface area contributed by atoms with Crippen molar-refractivity contribution >= 4 is 49.7 Å². The summed E-state index contributed by atoms with van der Waals surface area (Å²) < 4.78 is 40.7. The Morgan fingerprint density at radius 3 is 2.31 bits per heavy atom. The lowest BCUT2D eigenvalue weighted by Gasteiger charge is -2.33. The summed E-state index contributed by atoms with van der Waals surface area (Å²) in [4.78, 5) is 6.84. The maximum atomic E-state index is 13.6. The lowest BCUT2D eigenvalue weighted by Crippen LogP contribution is -2.48. The maximum absolute atomic E-state index is 13.6. The Labute approximate surface area is 182 Å². The molecule has 0 unspecified atom stereocenters. The average Bonchev–Trinajstić information content (AvgIpc) is 3.18. The van der Waals surface area contributed by atoms with Gasteiger partial charge in [-0.25, -0.2) is 17.8 Å². The number of nitrogens with zero attached hydrogens (tertiary/aromatic N) is 3. The third-order valence-electron chi connectivity index (χ3n) is 4.61. The second kappa shape index (κ2) is 8.20. The van der Waals surface area contributed by atoms with Crippen molar-refractivity contribution < 1.29 is 12.8 Å². The van der Waals surface area contributed by atoms with Gasteiger partial charge >= 0.3 is 0 Å². The van der Waals surface area contributed by atoms with E-state index in [1.807, 2.05) is 10.3 Å². The summed E-state index contributed by atoms with van der Waals surface area (Å²) in [5, 5.41) is 3.42. The molecule has 10 heteroatoms. The molecule has 0 spiro atoms. The van der Waals surface area contributed by atoms with Crippen molar-refractivity contribution in [2.45, 2.75) is 4.90 Å². The zero-order valence-electron chi connectivity index (χ0n) is 15.1. The molecule has 29 heavy (non-hydrogen) atoms. The Bertz CT molecular complexity index is 1110. The highest BCUT2D eigenvalue weighted by Gasteiger charge is 2.29. The van der Waals surface area contributed by atoms with E-state index in [2.05, 4.69) is 4.98 Å². The molecule has 5 nitrogen and oxygen atoms in total. The van der Waals surface area contributed by atoms with E-state index in [0.717, 1.165) is 5.13 Å². The van der Waals surface area contributed by atoms with Crippen LogP contribution in [-0.4, -0.2) is 43.9 Å². The quantitative estimate of drug-likeness (QED) is 0.549. The van der Waals surface area contributed by atoms with Crippen LogP contribution in [0.5, 0.6) is 0 Å². The van der Waals surface area contributed by atoms with E-state index in [4.69, 9.17) is 23.2 Å². The van der Waals surface area contributed by atoms with Crippen molar-refractivity contribution in [3.05, 3.63) is 63.7 Å². The standard InChI is InChI=1S/C19H16Cl2FN3O2S2/c20-14-1-3-17(4-2-14)29(26,27)25-7-5-24(6-8-25)19-23-18(12-28-19)13-9-15(21)11-16(22)10-13/h1-4,9-12H,5-8H2. The second-order valence-corrected chi connectivity index (χ2v) is 10.2. The number of thiazole rings is 1. The minimum atomic E-state index is -3.56. The number of piperazine rings is 1. The number of hydrogen-bond acceptors (Lipinski definition) is 5. The van der Waals surface area contributed by atoms with Gasteiger partial charge < -0.3 is 4.90 Å². The van der Waals surface area contributed by atoms with Gasteiger partial charge in [0.2, 0.25) is 10.0 Å². The smallest absolute Gasteiger partial charge is 0.243 e. The fraction of sp³-hybridized carbons (Fsp3) is 0.211. The zero-order chi connectivity index (χ0) is 20.6. The van der Waals surface area contributed by atoms with E-state index in [0.29, 0.717) is 47.5 Å². The van der Waals surface area contributed by atoms with Crippen LogP contribution in [0.3, 0.4) is 0 Å². The Morgan fingerprint density at radius 2 is 1.66 bits per heavy atom. The SMILES string of the molecule is O=S(=O)(c1ccc(Cl)cc1)N1CCN(c2nc(-c3cc(F)cc(Cl)c3)cs2)CC1.